The summed E-state index contributed by atoms with van der Waals surface area (Å²) < 4.78 is 5.53. The number of nitrogens with zero attached hydrogens (tertiary/aromatic N) is 1. The number of benzene rings is 1. The van der Waals surface area contributed by atoms with Gasteiger partial charge in [-0.1, -0.05) is 37.3 Å². The van der Waals surface area contributed by atoms with Crippen molar-refractivity contribution in [3.63, 3.8) is 0 Å². The standard InChI is InChI=1S/C18H25NO2/c1-3-17(13-7-5-4-6-8-13)18(20)19-14-9-10-15(19)12-16(11-14)21-2/h4-8,14-17H,3,9-12H2,1-2H3/t14-,15-,17+/m0/s1. The summed E-state index contributed by atoms with van der Waals surface area (Å²) in [5, 5.41) is 0. The van der Waals surface area contributed by atoms with Crippen molar-refractivity contribution in [2.75, 3.05) is 7.11 Å². The number of hydrogen-bond donors (Lipinski definition) is 0. The minimum atomic E-state index is 0.00777. The summed E-state index contributed by atoms with van der Waals surface area (Å²) in [5.74, 6) is 0.333. The molecule has 1 aromatic rings. The van der Waals surface area contributed by atoms with Gasteiger partial charge in [-0.25, -0.2) is 0 Å². The van der Waals surface area contributed by atoms with Gasteiger partial charge < -0.3 is 9.64 Å². The molecule has 3 atom stereocenters. The van der Waals surface area contributed by atoms with Crippen LogP contribution in [0.5, 0.6) is 0 Å². The number of carbonyl (C=O) groups excluding carboxylic acids is 1. The van der Waals surface area contributed by atoms with Gasteiger partial charge in [0, 0.05) is 19.2 Å². The number of hydrogen-bond acceptors (Lipinski definition) is 2. The van der Waals surface area contributed by atoms with E-state index in [1.165, 1.54) is 0 Å². The van der Waals surface area contributed by atoms with Crippen molar-refractivity contribution in [2.24, 2.45) is 0 Å². The molecule has 0 spiro atoms. The quantitative estimate of drug-likeness (QED) is 0.850. The Morgan fingerprint density at radius 2 is 1.86 bits per heavy atom. The zero-order valence-electron chi connectivity index (χ0n) is 13.0. The van der Waals surface area contributed by atoms with Crippen LogP contribution in [0, 0.1) is 0 Å². The van der Waals surface area contributed by atoms with Crippen LogP contribution >= 0.6 is 0 Å². The van der Waals surface area contributed by atoms with Gasteiger partial charge in [0.25, 0.3) is 0 Å². The third-order valence-electron chi connectivity index (χ3n) is 5.19. The highest BCUT2D eigenvalue weighted by atomic mass is 16.5. The summed E-state index contributed by atoms with van der Waals surface area (Å²) in [5.41, 5.74) is 1.15. The molecule has 3 rings (SSSR count). The molecule has 2 fully saturated rings. The lowest BCUT2D eigenvalue weighted by atomic mass is 9.91. The molecule has 21 heavy (non-hydrogen) atoms. The molecule has 0 N–H and O–H groups in total. The van der Waals surface area contributed by atoms with Crippen molar-refractivity contribution in [3.05, 3.63) is 35.9 Å². The molecular formula is C18H25NO2. The lowest BCUT2D eigenvalue weighted by Gasteiger charge is -2.40. The summed E-state index contributed by atoms with van der Waals surface area (Å²) in [4.78, 5) is 15.3. The van der Waals surface area contributed by atoms with Gasteiger partial charge in [-0.2, -0.15) is 0 Å². The van der Waals surface area contributed by atoms with Crippen molar-refractivity contribution in [1.29, 1.82) is 0 Å². The maximum Gasteiger partial charge on any atom is 0.230 e. The van der Waals surface area contributed by atoms with E-state index in [9.17, 15) is 4.79 Å². The lowest BCUT2D eigenvalue weighted by Crippen LogP contribution is -2.50. The van der Waals surface area contributed by atoms with Crippen LogP contribution in [0.25, 0.3) is 0 Å². The maximum atomic E-state index is 13.1. The fourth-order valence-corrected chi connectivity index (χ4v) is 4.10. The Morgan fingerprint density at radius 3 is 2.38 bits per heavy atom. The molecular weight excluding hydrogens is 262 g/mol. The molecule has 0 saturated carbocycles. The Bertz CT molecular complexity index is 473. The number of ether oxygens (including phenoxy) is 1. The van der Waals surface area contributed by atoms with Crippen LogP contribution in [-0.2, 0) is 9.53 Å². The fourth-order valence-electron chi connectivity index (χ4n) is 4.10. The molecule has 2 aliphatic heterocycles. The molecule has 1 amide bonds. The number of rotatable bonds is 4. The molecule has 3 heteroatoms. The zero-order valence-corrected chi connectivity index (χ0v) is 13.0. The van der Waals surface area contributed by atoms with E-state index in [1.54, 1.807) is 7.11 Å². The highest BCUT2D eigenvalue weighted by Crippen LogP contribution is 2.39. The predicted molar refractivity (Wildman–Crippen MR) is 83.2 cm³/mol. The lowest BCUT2D eigenvalue weighted by molar-refractivity contribution is -0.139. The Hall–Kier alpha value is -1.35. The van der Waals surface area contributed by atoms with Crippen molar-refractivity contribution in [3.8, 4) is 0 Å². The molecule has 2 saturated heterocycles. The van der Waals surface area contributed by atoms with Gasteiger partial charge in [0.1, 0.15) is 0 Å². The summed E-state index contributed by atoms with van der Waals surface area (Å²) in [6, 6.07) is 11.0. The van der Waals surface area contributed by atoms with E-state index in [1.807, 2.05) is 18.2 Å². The van der Waals surface area contributed by atoms with E-state index in [-0.39, 0.29) is 5.92 Å². The summed E-state index contributed by atoms with van der Waals surface area (Å²) in [6.45, 7) is 2.11. The van der Waals surface area contributed by atoms with Gasteiger partial charge in [0.15, 0.2) is 0 Å². The fraction of sp³-hybridized carbons (Fsp3) is 0.611. The second kappa shape index (κ2) is 6.18. The van der Waals surface area contributed by atoms with E-state index in [2.05, 4.69) is 24.0 Å². The SMILES string of the molecule is CC[C@@H](C(=O)N1[C@H]2CC[C@H]1CC(OC)C2)c1ccccc1. The first kappa shape index (κ1) is 14.6. The molecule has 2 aliphatic rings. The van der Waals surface area contributed by atoms with Crippen molar-refractivity contribution in [1.82, 2.24) is 4.90 Å². The zero-order chi connectivity index (χ0) is 14.8. The van der Waals surface area contributed by atoms with E-state index in [0.29, 0.717) is 24.1 Å². The third kappa shape index (κ3) is 2.71. The van der Waals surface area contributed by atoms with Crippen molar-refractivity contribution < 1.29 is 9.53 Å². The monoisotopic (exact) mass is 287 g/mol. The third-order valence-corrected chi connectivity index (χ3v) is 5.19. The van der Waals surface area contributed by atoms with Crippen LogP contribution < -0.4 is 0 Å². The summed E-state index contributed by atoms with van der Waals surface area (Å²) in [7, 11) is 1.79. The largest absolute Gasteiger partial charge is 0.381 e. The molecule has 114 valence electrons. The highest BCUT2D eigenvalue weighted by Gasteiger charge is 2.44. The van der Waals surface area contributed by atoms with E-state index in [0.717, 1.165) is 37.7 Å². The van der Waals surface area contributed by atoms with Crippen LogP contribution in [0.1, 0.15) is 50.5 Å². The van der Waals surface area contributed by atoms with Crippen molar-refractivity contribution in [2.45, 2.75) is 63.1 Å². The average Bonchev–Trinajstić information content (AvgIpc) is 2.79. The normalized spacial score (nSPS) is 29.4. The van der Waals surface area contributed by atoms with Gasteiger partial charge in [-0.05, 0) is 37.7 Å². The van der Waals surface area contributed by atoms with E-state index < -0.39 is 0 Å². The summed E-state index contributed by atoms with van der Waals surface area (Å²) >= 11 is 0. The number of carbonyl (C=O) groups is 1. The molecule has 1 aromatic carbocycles. The van der Waals surface area contributed by atoms with Crippen LogP contribution in [0.3, 0.4) is 0 Å². The second-order valence-corrected chi connectivity index (χ2v) is 6.33. The topological polar surface area (TPSA) is 29.5 Å². The average molecular weight is 287 g/mol. The molecule has 0 aliphatic carbocycles. The van der Waals surface area contributed by atoms with E-state index in [4.69, 9.17) is 4.74 Å². The van der Waals surface area contributed by atoms with Crippen LogP contribution in [-0.4, -0.2) is 36.1 Å². The van der Waals surface area contributed by atoms with Crippen LogP contribution in [0.15, 0.2) is 30.3 Å². The predicted octanol–water partition coefficient (Wildman–Crippen LogP) is 3.35. The Morgan fingerprint density at radius 1 is 1.24 bits per heavy atom. The Kier molecular flexibility index (Phi) is 4.29. The molecule has 0 radical (unpaired) electrons. The number of fused-ring (bicyclic) bond motifs is 2. The molecule has 2 heterocycles. The van der Waals surface area contributed by atoms with Gasteiger partial charge in [0.2, 0.25) is 5.91 Å². The highest BCUT2D eigenvalue weighted by molar-refractivity contribution is 5.84. The Labute approximate surface area is 127 Å². The van der Waals surface area contributed by atoms with Crippen molar-refractivity contribution >= 4 is 5.91 Å². The van der Waals surface area contributed by atoms with E-state index >= 15 is 0 Å². The number of amides is 1. The van der Waals surface area contributed by atoms with Gasteiger partial charge in [-0.3, -0.25) is 4.79 Å². The first-order valence-corrected chi connectivity index (χ1v) is 8.14. The van der Waals surface area contributed by atoms with Gasteiger partial charge in [0.05, 0.1) is 12.0 Å². The smallest absolute Gasteiger partial charge is 0.230 e. The first-order valence-electron chi connectivity index (χ1n) is 8.14. The Balaban J connectivity index is 1.79. The molecule has 3 nitrogen and oxygen atoms in total. The molecule has 2 bridgehead atoms. The molecule has 0 unspecified atom stereocenters. The first-order chi connectivity index (χ1) is 10.2. The van der Waals surface area contributed by atoms with Gasteiger partial charge >= 0.3 is 0 Å². The minimum absolute atomic E-state index is 0.00777. The van der Waals surface area contributed by atoms with Gasteiger partial charge in [-0.15, -0.1) is 0 Å². The summed E-state index contributed by atoms with van der Waals surface area (Å²) in [6.07, 6.45) is 5.49. The number of methoxy groups -OCH3 is 1. The van der Waals surface area contributed by atoms with Crippen LogP contribution in [0.4, 0.5) is 0 Å². The van der Waals surface area contributed by atoms with Crippen LogP contribution in [0.2, 0.25) is 0 Å². The maximum absolute atomic E-state index is 13.1. The number of piperidine rings is 1. The molecule has 0 aromatic heterocycles. The second-order valence-electron chi connectivity index (χ2n) is 6.33. The minimum Gasteiger partial charge on any atom is -0.381 e.